The summed E-state index contributed by atoms with van der Waals surface area (Å²) in [6.45, 7) is 4.15. The minimum Gasteiger partial charge on any atom is -0.349 e. The quantitative estimate of drug-likeness (QED) is 0.107. The third-order valence-electron chi connectivity index (χ3n) is 8.19. The van der Waals surface area contributed by atoms with Gasteiger partial charge >= 0.3 is 6.18 Å². The number of amides is 2. The summed E-state index contributed by atoms with van der Waals surface area (Å²) < 4.78 is 39.3. The first-order valence-electron chi connectivity index (χ1n) is 15.8. The summed E-state index contributed by atoms with van der Waals surface area (Å²) in [6, 6.07) is 18.6. The summed E-state index contributed by atoms with van der Waals surface area (Å²) in [5.74, 6) is 0.189. The van der Waals surface area contributed by atoms with E-state index in [0.29, 0.717) is 31.5 Å². The monoisotopic (exact) mass is 640 g/mol. The van der Waals surface area contributed by atoms with E-state index >= 15 is 0 Å². The van der Waals surface area contributed by atoms with Crippen molar-refractivity contribution in [3.05, 3.63) is 83.6 Å². The Morgan fingerprint density at radius 2 is 1.60 bits per heavy atom. The number of nitrogens with one attached hydrogen (secondary N) is 3. The smallest absolute Gasteiger partial charge is 0.349 e. The van der Waals surface area contributed by atoms with Gasteiger partial charge in [0, 0.05) is 12.2 Å². The van der Waals surface area contributed by atoms with Crippen molar-refractivity contribution in [1.29, 1.82) is 0 Å². The number of fused-ring (bicyclic) bond motifs is 3. The molecular weight excluding hydrogens is 597 g/mol. The first-order chi connectivity index (χ1) is 21.7. The highest BCUT2D eigenvalue weighted by atomic mass is 32.2. The Bertz CT molecular complexity index is 1390. The first kappa shape index (κ1) is 34.5. The molecule has 0 fully saturated rings. The second kappa shape index (κ2) is 16.3. The van der Waals surface area contributed by atoms with E-state index in [0.717, 1.165) is 65.1 Å². The second-order valence-electron chi connectivity index (χ2n) is 11.6. The number of hydrogen-bond donors (Lipinski definition) is 3. The predicted molar refractivity (Wildman–Crippen MR) is 174 cm³/mol. The number of aromatic nitrogens is 1. The molecule has 1 aromatic heterocycles. The van der Waals surface area contributed by atoms with Gasteiger partial charge in [-0.25, -0.2) is 4.98 Å². The molecule has 1 aliphatic rings. The number of carbonyl (C=O) groups excluding carboxylic acids is 2. The van der Waals surface area contributed by atoms with Gasteiger partial charge in [-0.15, -0.1) is 11.8 Å². The molecular formula is C35H43F3N4O2S. The SMILES string of the molecule is CCCCCSc1ncccc1C(=O)NC(C)CCNCCCCC1(C(=O)NCC(F)(F)F)c2ccccc2-c2ccccc21. The van der Waals surface area contributed by atoms with Gasteiger partial charge in [0.05, 0.1) is 5.56 Å². The van der Waals surface area contributed by atoms with Crippen molar-refractivity contribution in [1.82, 2.24) is 20.9 Å². The highest BCUT2D eigenvalue weighted by Gasteiger charge is 2.49. The molecule has 45 heavy (non-hydrogen) atoms. The zero-order valence-electron chi connectivity index (χ0n) is 26.0. The van der Waals surface area contributed by atoms with Gasteiger partial charge in [-0.05, 0) is 85.8 Å². The molecule has 0 saturated heterocycles. The topological polar surface area (TPSA) is 83.1 Å². The molecule has 2 amide bonds. The largest absolute Gasteiger partial charge is 0.405 e. The van der Waals surface area contributed by atoms with Gasteiger partial charge in [-0.3, -0.25) is 9.59 Å². The summed E-state index contributed by atoms with van der Waals surface area (Å²) in [6.07, 6.45) is 3.12. The van der Waals surface area contributed by atoms with Crippen LogP contribution in [0.3, 0.4) is 0 Å². The van der Waals surface area contributed by atoms with Gasteiger partial charge in [0.1, 0.15) is 17.0 Å². The van der Waals surface area contributed by atoms with Gasteiger partial charge in [0.15, 0.2) is 0 Å². The normalized spacial score (nSPS) is 14.0. The van der Waals surface area contributed by atoms with Crippen molar-refractivity contribution in [3.63, 3.8) is 0 Å². The van der Waals surface area contributed by atoms with Crippen LogP contribution in [0.2, 0.25) is 0 Å². The molecule has 1 aliphatic carbocycles. The van der Waals surface area contributed by atoms with E-state index in [9.17, 15) is 22.8 Å². The standard InChI is InChI=1S/C35H43F3N4O2S/c1-3-4-11-23-45-32-28(15-12-21-40-32)31(43)42-25(2)18-22-39-20-10-9-19-34(33(44)41-24-35(36,37)38)29-16-7-5-13-26(29)27-14-6-8-17-30(27)34/h5-8,12-17,21,25,39H,3-4,9-11,18-20,22-24H2,1-2H3,(H,41,44)(H,42,43). The lowest BCUT2D eigenvalue weighted by Crippen LogP contribution is -2.47. The average Bonchev–Trinajstić information content (AvgIpc) is 3.32. The van der Waals surface area contributed by atoms with Gasteiger partial charge in [-0.1, -0.05) is 74.7 Å². The number of halogens is 3. The minimum atomic E-state index is -4.50. The minimum absolute atomic E-state index is 0.0461. The molecule has 2 aromatic carbocycles. The van der Waals surface area contributed by atoms with E-state index in [2.05, 4.69) is 27.9 Å². The Morgan fingerprint density at radius 1 is 0.911 bits per heavy atom. The van der Waals surface area contributed by atoms with Crippen molar-refractivity contribution >= 4 is 23.6 Å². The van der Waals surface area contributed by atoms with Crippen LogP contribution in [0.4, 0.5) is 13.2 Å². The van der Waals surface area contributed by atoms with E-state index in [1.165, 1.54) is 0 Å². The van der Waals surface area contributed by atoms with Crippen LogP contribution < -0.4 is 16.0 Å². The molecule has 4 rings (SSSR count). The lowest BCUT2D eigenvalue weighted by molar-refractivity contribution is -0.141. The maximum Gasteiger partial charge on any atom is 0.405 e. The van der Waals surface area contributed by atoms with Crippen molar-refractivity contribution in [2.45, 2.75) is 81.5 Å². The molecule has 0 spiro atoms. The summed E-state index contributed by atoms with van der Waals surface area (Å²) in [5.41, 5.74) is 2.69. The molecule has 10 heteroatoms. The maximum atomic E-state index is 13.6. The fourth-order valence-electron chi connectivity index (χ4n) is 5.94. The lowest BCUT2D eigenvalue weighted by Gasteiger charge is -2.31. The average molecular weight is 641 g/mol. The fourth-order valence-corrected chi connectivity index (χ4v) is 6.93. The molecule has 242 valence electrons. The van der Waals surface area contributed by atoms with Crippen LogP contribution in [0.25, 0.3) is 11.1 Å². The van der Waals surface area contributed by atoms with Gasteiger partial charge in [0.25, 0.3) is 5.91 Å². The molecule has 1 atom stereocenters. The summed E-state index contributed by atoms with van der Waals surface area (Å²) >= 11 is 1.62. The number of benzene rings is 2. The maximum absolute atomic E-state index is 13.6. The number of thioether (sulfide) groups is 1. The van der Waals surface area contributed by atoms with Gasteiger partial charge in [-0.2, -0.15) is 13.2 Å². The van der Waals surface area contributed by atoms with Gasteiger partial charge in [0.2, 0.25) is 5.91 Å². The number of carbonyl (C=O) groups is 2. The van der Waals surface area contributed by atoms with E-state index in [4.69, 9.17) is 0 Å². The summed E-state index contributed by atoms with van der Waals surface area (Å²) in [5, 5.41) is 9.44. The zero-order chi connectivity index (χ0) is 32.3. The Labute approximate surface area is 268 Å². The fraction of sp³-hybridized carbons (Fsp3) is 0.457. The molecule has 6 nitrogen and oxygen atoms in total. The molecule has 1 unspecified atom stereocenters. The van der Waals surface area contributed by atoms with Gasteiger partial charge < -0.3 is 16.0 Å². The molecule has 3 aromatic rings. The number of alkyl halides is 3. The molecule has 0 saturated carbocycles. The van der Waals surface area contributed by atoms with Crippen LogP contribution >= 0.6 is 11.8 Å². The Hall–Kier alpha value is -3.37. The molecule has 0 bridgehead atoms. The third-order valence-corrected chi connectivity index (χ3v) is 9.28. The lowest BCUT2D eigenvalue weighted by atomic mass is 9.73. The van der Waals surface area contributed by atoms with E-state index < -0.39 is 24.0 Å². The number of hydrogen-bond acceptors (Lipinski definition) is 5. The predicted octanol–water partition coefficient (Wildman–Crippen LogP) is 7.28. The molecule has 3 N–H and O–H groups in total. The van der Waals surface area contributed by atoms with Crippen molar-refractivity contribution in [3.8, 4) is 11.1 Å². The van der Waals surface area contributed by atoms with Crippen LogP contribution in [-0.2, 0) is 10.2 Å². The molecule has 0 radical (unpaired) electrons. The number of rotatable bonds is 17. The molecule has 1 heterocycles. The van der Waals surface area contributed by atoms with E-state index in [-0.39, 0.29) is 11.9 Å². The molecule has 0 aliphatic heterocycles. The second-order valence-corrected chi connectivity index (χ2v) is 12.7. The summed E-state index contributed by atoms with van der Waals surface area (Å²) in [4.78, 5) is 31.0. The van der Waals surface area contributed by atoms with Crippen LogP contribution in [0.1, 0.15) is 80.3 Å². The van der Waals surface area contributed by atoms with E-state index in [1.54, 1.807) is 24.0 Å². The van der Waals surface area contributed by atoms with Crippen LogP contribution in [0, 0.1) is 0 Å². The number of pyridine rings is 1. The van der Waals surface area contributed by atoms with Crippen molar-refractivity contribution in [2.24, 2.45) is 0 Å². The Morgan fingerprint density at radius 3 is 2.27 bits per heavy atom. The zero-order valence-corrected chi connectivity index (χ0v) is 26.8. The number of unbranched alkanes of at least 4 members (excludes halogenated alkanes) is 3. The highest BCUT2D eigenvalue weighted by Crippen LogP contribution is 2.51. The van der Waals surface area contributed by atoms with Crippen molar-refractivity contribution in [2.75, 3.05) is 25.4 Å². The van der Waals surface area contributed by atoms with E-state index in [1.807, 2.05) is 61.5 Å². The third kappa shape index (κ3) is 8.88. The summed E-state index contributed by atoms with van der Waals surface area (Å²) in [7, 11) is 0. The van der Waals surface area contributed by atoms with Crippen LogP contribution in [-0.4, -0.2) is 54.4 Å². The number of nitrogens with zero attached hydrogens (tertiary/aromatic N) is 1. The highest BCUT2D eigenvalue weighted by molar-refractivity contribution is 7.99. The Kier molecular flexibility index (Phi) is 12.5. The van der Waals surface area contributed by atoms with Crippen LogP contribution in [0.5, 0.6) is 0 Å². The van der Waals surface area contributed by atoms with Crippen LogP contribution in [0.15, 0.2) is 71.9 Å². The van der Waals surface area contributed by atoms with Crippen molar-refractivity contribution < 1.29 is 22.8 Å². The first-order valence-corrected chi connectivity index (χ1v) is 16.8. The Balaban J connectivity index is 1.28.